The van der Waals surface area contributed by atoms with Crippen LogP contribution in [-0.2, 0) is 32.0 Å². The Morgan fingerprint density at radius 1 is 1.36 bits per heavy atom. The average Bonchev–Trinajstić information content (AvgIpc) is 3.47. The molecule has 2 aromatic heterocycles. The third-order valence-electron chi connectivity index (χ3n) is 5.04. The molecule has 36 heavy (non-hydrogen) atoms. The Morgan fingerprint density at radius 2 is 2.17 bits per heavy atom. The number of benzene rings is 1. The zero-order valence-corrected chi connectivity index (χ0v) is 20.6. The molecule has 0 bridgehead atoms. The third kappa shape index (κ3) is 5.33. The number of thiazole rings is 1. The number of ether oxygens (including phenoxy) is 2. The molecule has 0 saturated heterocycles. The van der Waals surface area contributed by atoms with Crippen molar-refractivity contribution in [3.05, 3.63) is 62.0 Å². The average molecular weight is 535 g/mol. The molecule has 0 radical (unpaired) electrons. The lowest BCUT2D eigenvalue weighted by Gasteiger charge is -2.27. The number of nitrogen functional groups attached to an aromatic ring is 1. The number of carbonyl (C=O) groups is 2. The number of anilines is 1. The molecule has 0 saturated carbocycles. The minimum absolute atomic E-state index is 0.0118. The van der Waals surface area contributed by atoms with Crippen molar-refractivity contribution in [3.63, 3.8) is 0 Å². The Morgan fingerprint density at radius 3 is 2.83 bits per heavy atom. The number of nitrogens with one attached hydrogen (secondary N) is 1. The maximum absolute atomic E-state index is 13.8. The van der Waals surface area contributed by atoms with Gasteiger partial charge in [-0.2, -0.15) is 0 Å². The molecule has 1 aromatic carbocycles. The van der Waals surface area contributed by atoms with E-state index in [2.05, 4.69) is 30.8 Å². The van der Waals surface area contributed by atoms with E-state index in [9.17, 15) is 14.0 Å². The van der Waals surface area contributed by atoms with Crippen LogP contribution in [0, 0.1) is 5.82 Å². The van der Waals surface area contributed by atoms with Gasteiger partial charge in [-0.15, -0.1) is 11.3 Å². The molecule has 4 rings (SSSR count). The monoisotopic (exact) mass is 534 g/mol. The standard InChI is InChI=1S/C21H20ClFN8O4S/c1-3-35-15(32)7-11-9-36-19(25-11)18-26-14(8-31-21(24)28-29-30-31)16(20(33)34-2)17(27-18)12-5-4-10(23)6-13(12)22/h4-6,9,17H,3,7-8H2,1-2H3,(H,26,27)(H2,24,28,30). The van der Waals surface area contributed by atoms with Crippen LogP contribution in [0.25, 0.3) is 0 Å². The van der Waals surface area contributed by atoms with Gasteiger partial charge in [0.15, 0.2) is 10.8 Å². The Labute approximate surface area is 213 Å². The zero-order chi connectivity index (χ0) is 25.8. The number of methoxy groups -OCH3 is 1. The second-order valence-electron chi connectivity index (χ2n) is 7.38. The fourth-order valence-electron chi connectivity index (χ4n) is 3.46. The highest BCUT2D eigenvalue weighted by atomic mass is 35.5. The van der Waals surface area contributed by atoms with Crippen molar-refractivity contribution < 1.29 is 23.5 Å². The summed E-state index contributed by atoms with van der Waals surface area (Å²) in [6.07, 6.45) is -0.0118. The highest BCUT2D eigenvalue weighted by Gasteiger charge is 2.34. The Bertz CT molecular complexity index is 1370. The number of halogens is 2. The summed E-state index contributed by atoms with van der Waals surface area (Å²) in [7, 11) is 1.23. The van der Waals surface area contributed by atoms with Crippen LogP contribution < -0.4 is 11.1 Å². The highest BCUT2D eigenvalue weighted by molar-refractivity contribution is 7.11. The first-order valence-corrected chi connectivity index (χ1v) is 11.8. The molecular weight excluding hydrogens is 515 g/mol. The molecular formula is C21H20ClFN8O4S. The highest BCUT2D eigenvalue weighted by Crippen LogP contribution is 2.37. The molecule has 12 nitrogen and oxygen atoms in total. The first-order valence-electron chi connectivity index (χ1n) is 10.5. The van der Waals surface area contributed by atoms with Gasteiger partial charge >= 0.3 is 11.9 Å². The minimum Gasteiger partial charge on any atom is -0.466 e. The summed E-state index contributed by atoms with van der Waals surface area (Å²) < 4.78 is 25.1. The molecule has 3 N–H and O–H groups in total. The van der Waals surface area contributed by atoms with Crippen LogP contribution >= 0.6 is 22.9 Å². The van der Waals surface area contributed by atoms with Crippen molar-refractivity contribution in [2.45, 2.75) is 25.9 Å². The van der Waals surface area contributed by atoms with Crippen molar-refractivity contribution in [3.8, 4) is 0 Å². The Kier molecular flexibility index (Phi) is 7.55. The minimum atomic E-state index is -0.980. The van der Waals surface area contributed by atoms with Crippen LogP contribution in [0.5, 0.6) is 0 Å². The second-order valence-corrected chi connectivity index (χ2v) is 8.64. The molecule has 0 amide bonds. The lowest BCUT2D eigenvalue weighted by Crippen LogP contribution is -2.36. The number of nitrogens with two attached hydrogens (primary N) is 1. The van der Waals surface area contributed by atoms with Gasteiger partial charge in [-0.1, -0.05) is 22.8 Å². The Balaban J connectivity index is 1.80. The van der Waals surface area contributed by atoms with Crippen molar-refractivity contribution in [1.29, 1.82) is 0 Å². The molecule has 3 aromatic rings. The summed E-state index contributed by atoms with van der Waals surface area (Å²) in [5.74, 6) is -1.35. The van der Waals surface area contributed by atoms with Crippen LogP contribution in [0.3, 0.4) is 0 Å². The summed E-state index contributed by atoms with van der Waals surface area (Å²) in [5.41, 5.74) is 7.11. The summed E-state index contributed by atoms with van der Waals surface area (Å²) in [6, 6.07) is 2.80. The maximum atomic E-state index is 13.8. The normalized spacial score (nSPS) is 15.3. The van der Waals surface area contributed by atoms with Gasteiger partial charge in [0.05, 0.1) is 43.6 Å². The number of carbonyl (C=O) groups excluding carboxylic acids is 2. The third-order valence-corrected chi connectivity index (χ3v) is 6.27. The van der Waals surface area contributed by atoms with Crippen molar-refractivity contribution >= 4 is 46.7 Å². The number of esters is 2. The van der Waals surface area contributed by atoms with E-state index in [1.807, 2.05) is 0 Å². The number of aliphatic imine (C=N–C) groups is 1. The largest absolute Gasteiger partial charge is 0.466 e. The fourth-order valence-corrected chi connectivity index (χ4v) is 4.50. The van der Waals surface area contributed by atoms with Crippen LogP contribution in [0.2, 0.25) is 5.02 Å². The van der Waals surface area contributed by atoms with Gasteiger partial charge in [0, 0.05) is 16.0 Å². The molecule has 0 aliphatic carbocycles. The second kappa shape index (κ2) is 10.8. The van der Waals surface area contributed by atoms with Crippen molar-refractivity contribution in [1.82, 2.24) is 30.5 Å². The summed E-state index contributed by atoms with van der Waals surface area (Å²) >= 11 is 7.58. The van der Waals surface area contributed by atoms with Gasteiger partial charge in [0.1, 0.15) is 11.9 Å². The first kappa shape index (κ1) is 25.2. The van der Waals surface area contributed by atoms with E-state index in [0.717, 1.165) is 6.07 Å². The molecule has 0 fully saturated rings. The van der Waals surface area contributed by atoms with Gasteiger partial charge in [-0.3, -0.25) is 9.79 Å². The number of amidine groups is 1. The van der Waals surface area contributed by atoms with E-state index in [1.54, 1.807) is 12.3 Å². The predicted molar refractivity (Wildman–Crippen MR) is 128 cm³/mol. The van der Waals surface area contributed by atoms with E-state index < -0.39 is 23.8 Å². The quantitative estimate of drug-likeness (QED) is 0.408. The number of nitrogens with zero attached hydrogens (tertiary/aromatic N) is 6. The smallest absolute Gasteiger partial charge is 0.338 e. The number of aromatic nitrogens is 5. The van der Waals surface area contributed by atoms with E-state index in [0.29, 0.717) is 22.0 Å². The number of rotatable bonds is 8. The van der Waals surface area contributed by atoms with Crippen LogP contribution in [0.1, 0.15) is 29.2 Å². The lowest BCUT2D eigenvalue weighted by molar-refractivity contribution is -0.142. The van der Waals surface area contributed by atoms with Gasteiger partial charge < -0.3 is 20.5 Å². The molecule has 1 atom stereocenters. The zero-order valence-electron chi connectivity index (χ0n) is 19.1. The van der Waals surface area contributed by atoms with Crippen LogP contribution in [-0.4, -0.2) is 56.7 Å². The molecule has 1 aliphatic rings. The van der Waals surface area contributed by atoms with Gasteiger partial charge in [0.2, 0.25) is 5.95 Å². The van der Waals surface area contributed by atoms with E-state index in [-0.39, 0.29) is 42.0 Å². The lowest BCUT2D eigenvalue weighted by atomic mass is 9.95. The number of allylic oxidation sites excluding steroid dienone is 1. The van der Waals surface area contributed by atoms with Crippen LogP contribution in [0.15, 0.2) is 39.8 Å². The van der Waals surface area contributed by atoms with Crippen LogP contribution in [0.4, 0.5) is 10.3 Å². The van der Waals surface area contributed by atoms with Gasteiger partial charge in [-0.05, 0) is 29.5 Å². The fraction of sp³-hybridized carbons (Fsp3) is 0.286. The summed E-state index contributed by atoms with van der Waals surface area (Å²) in [6.45, 7) is 1.93. The summed E-state index contributed by atoms with van der Waals surface area (Å²) in [5, 5.41) is 16.3. The van der Waals surface area contributed by atoms with Crippen molar-refractivity contribution in [2.24, 2.45) is 4.99 Å². The molecule has 15 heteroatoms. The Hall–Kier alpha value is -3.91. The topological polar surface area (TPSA) is 160 Å². The van der Waals surface area contributed by atoms with Gasteiger partial charge in [-0.25, -0.2) is 18.9 Å². The van der Waals surface area contributed by atoms with Crippen molar-refractivity contribution in [2.75, 3.05) is 19.5 Å². The SMILES string of the molecule is CCOC(=O)Cc1csc(C2=NC(c3ccc(F)cc3Cl)C(C(=O)OC)=C(Cn3nnnc3N)N2)n1. The molecule has 188 valence electrons. The molecule has 0 spiro atoms. The number of hydrogen-bond acceptors (Lipinski definition) is 12. The first-order chi connectivity index (χ1) is 17.3. The number of hydrogen-bond donors (Lipinski definition) is 2. The predicted octanol–water partition coefficient (Wildman–Crippen LogP) is 1.83. The summed E-state index contributed by atoms with van der Waals surface area (Å²) in [4.78, 5) is 33.9. The molecule has 3 heterocycles. The maximum Gasteiger partial charge on any atom is 0.338 e. The van der Waals surface area contributed by atoms with E-state index in [4.69, 9.17) is 26.8 Å². The molecule has 1 aliphatic heterocycles. The van der Waals surface area contributed by atoms with E-state index in [1.165, 1.54) is 35.3 Å². The van der Waals surface area contributed by atoms with E-state index >= 15 is 0 Å². The molecule has 1 unspecified atom stereocenters. The number of tetrazole rings is 1. The van der Waals surface area contributed by atoms with Gasteiger partial charge in [0.25, 0.3) is 0 Å².